The second kappa shape index (κ2) is 11.1. The first-order valence-electron chi connectivity index (χ1n) is 11.5. The van der Waals surface area contributed by atoms with Crippen molar-refractivity contribution in [3.05, 3.63) is 83.3 Å². The summed E-state index contributed by atoms with van der Waals surface area (Å²) in [7, 11) is 5.60. The molecule has 15 heteroatoms. The molecular weight excluding hydrogens is 535 g/mol. The Morgan fingerprint density at radius 1 is 1.10 bits per heavy atom. The number of alkyl halides is 3. The van der Waals surface area contributed by atoms with E-state index in [-0.39, 0.29) is 29.0 Å². The fraction of sp³-hybridized carbons (Fsp3) is 0.200. The van der Waals surface area contributed by atoms with Crippen LogP contribution >= 0.6 is 0 Å². The summed E-state index contributed by atoms with van der Waals surface area (Å²) in [6, 6.07) is 4.18. The first-order chi connectivity index (χ1) is 18.8. The molecule has 0 saturated heterocycles. The first kappa shape index (κ1) is 28.2. The molecule has 40 heavy (non-hydrogen) atoms. The monoisotopic (exact) mass is 554 g/mol. The summed E-state index contributed by atoms with van der Waals surface area (Å²) >= 11 is 0. The van der Waals surface area contributed by atoms with Gasteiger partial charge in [0.1, 0.15) is 19.1 Å². The van der Waals surface area contributed by atoms with Crippen LogP contribution in [0.3, 0.4) is 0 Å². The van der Waals surface area contributed by atoms with Crippen LogP contribution in [0.1, 0.15) is 45.8 Å². The molecule has 0 spiro atoms. The Morgan fingerprint density at radius 3 is 2.38 bits per heavy atom. The topological polar surface area (TPSA) is 123 Å². The van der Waals surface area contributed by atoms with Crippen LogP contribution in [0, 0.1) is 5.82 Å². The number of anilines is 1. The lowest BCUT2D eigenvalue weighted by atomic mass is 9.98. The maximum absolute atomic E-state index is 15.3. The minimum Gasteiger partial charge on any atom is -0.478 e. The molecule has 0 bridgehead atoms. The number of ether oxygens (including phenoxy) is 1. The molecule has 0 aliphatic heterocycles. The van der Waals surface area contributed by atoms with Gasteiger partial charge in [-0.05, 0) is 31.5 Å². The molecule has 0 fully saturated rings. The highest BCUT2D eigenvalue weighted by atomic mass is 19.4. The number of pyridine rings is 2. The van der Waals surface area contributed by atoms with Crippen LogP contribution in [0.5, 0.6) is 11.6 Å². The Morgan fingerprint density at radius 2 is 1.80 bits per heavy atom. The number of amides is 1. The van der Waals surface area contributed by atoms with Gasteiger partial charge in [-0.3, -0.25) is 9.78 Å². The van der Waals surface area contributed by atoms with Crippen molar-refractivity contribution in [2.45, 2.75) is 32.6 Å². The Labute approximate surface area is 225 Å². The zero-order valence-electron chi connectivity index (χ0n) is 20.9. The van der Waals surface area contributed by atoms with E-state index in [0.717, 1.165) is 22.0 Å². The molecule has 0 aliphatic carbocycles. The highest BCUT2D eigenvalue weighted by molar-refractivity contribution is 6.32. The number of carboxylic acids is 1. The smallest absolute Gasteiger partial charge is 0.421 e. The van der Waals surface area contributed by atoms with Crippen molar-refractivity contribution >= 4 is 30.9 Å². The lowest BCUT2D eigenvalue weighted by molar-refractivity contribution is -0.139. The van der Waals surface area contributed by atoms with Gasteiger partial charge in [-0.1, -0.05) is 11.5 Å². The van der Waals surface area contributed by atoms with Gasteiger partial charge in [0.25, 0.3) is 5.91 Å². The van der Waals surface area contributed by atoms with Gasteiger partial charge in [0.2, 0.25) is 5.88 Å². The van der Waals surface area contributed by atoms with E-state index in [2.05, 4.69) is 20.2 Å². The zero-order chi connectivity index (χ0) is 29.2. The number of benzene rings is 1. The summed E-state index contributed by atoms with van der Waals surface area (Å²) in [5.41, 5.74) is -2.02. The molecule has 0 saturated carbocycles. The molecule has 2 radical (unpaired) electrons. The highest BCUT2D eigenvalue weighted by Gasteiger charge is 2.37. The molecule has 0 aliphatic rings. The average molecular weight is 554 g/mol. The second-order valence-corrected chi connectivity index (χ2v) is 8.71. The molecule has 3 heterocycles. The third kappa shape index (κ3) is 6.08. The third-order valence-electron chi connectivity index (χ3n) is 5.49. The van der Waals surface area contributed by atoms with E-state index in [1.54, 1.807) is 13.8 Å². The standard InChI is InChI=1S/C25H19BF4N6O4/c1-13(2)36(23(37)19-4-3-15(26)11-31-19)20-9-18(27)21(8-16(20)24(38)39)40-22-17(25(28,29)30)7-14(10-32-22)12-35-33-5-6-34-35/h3-11,13H,12H2,1-2H3,(H,38,39). The molecule has 3 aromatic heterocycles. The SMILES string of the molecule is [B]c1ccc(C(=O)N(c2cc(F)c(Oc3ncc(Cn4nccn4)cc3C(F)(F)F)cc2C(=O)O)C(C)C)nc1. The van der Waals surface area contributed by atoms with E-state index in [1.807, 2.05) is 0 Å². The summed E-state index contributed by atoms with van der Waals surface area (Å²) in [5, 5.41) is 17.5. The largest absolute Gasteiger partial charge is 0.478 e. The van der Waals surface area contributed by atoms with Crippen LogP contribution in [-0.2, 0) is 12.7 Å². The summed E-state index contributed by atoms with van der Waals surface area (Å²) in [4.78, 5) is 35.1. The summed E-state index contributed by atoms with van der Waals surface area (Å²) in [6.45, 7) is 2.99. The van der Waals surface area contributed by atoms with Crippen molar-refractivity contribution in [2.24, 2.45) is 0 Å². The molecule has 0 atom stereocenters. The van der Waals surface area contributed by atoms with Crippen molar-refractivity contribution in [2.75, 3.05) is 4.90 Å². The fourth-order valence-electron chi connectivity index (χ4n) is 3.73. The molecule has 1 amide bonds. The van der Waals surface area contributed by atoms with Crippen LogP contribution < -0.4 is 15.1 Å². The number of carbonyl (C=O) groups excluding carboxylic acids is 1. The molecule has 1 N–H and O–H groups in total. The first-order valence-corrected chi connectivity index (χ1v) is 11.5. The number of aromatic carboxylic acids is 1. The Kier molecular flexibility index (Phi) is 7.84. The molecule has 204 valence electrons. The molecule has 1 aromatic carbocycles. The van der Waals surface area contributed by atoms with Crippen LogP contribution in [0.15, 0.2) is 55.1 Å². The van der Waals surface area contributed by atoms with Gasteiger partial charge in [0.05, 0.1) is 30.2 Å². The molecule has 4 aromatic rings. The van der Waals surface area contributed by atoms with Gasteiger partial charge in [-0.15, -0.1) is 0 Å². The minimum absolute atomic E-state index is 0.0836. The summed E-state index contributed by atoms with van der Waals surface area (Å²) in [5.74, 6) is -5.43. The van der Waals surface area contributed by atoms with Crippen LogP contribution in [0.4, 0.5) is 23.2 Å². The molecular formula is C25H19BF4N6O4. The average Bonchev–Trinajstić information content (AvgIpc) is 3.39. The van der Waals surface area contributed by atoms with E-state index in [4.69, 9.17) is 12.6 Å². The van der Waals surface area contributed by atoms with Crippen LogP contribution in [0.25, 0.3) is 0 Å². The molecule has 10 nitrogen and oxygen atoms in total. The van der Waals surface area contributed by atoms with Crippen molar-refractivity contribution < 1.29 is 37.0 Å². The lowest BCUT2D eigenvalue weighted by Gasteiger charge is -2.28. The van der Waals surface area contributed by atoms with Gasteiger partial charge < -0.3 is 14.7 Å². The molecule has 4 rings (SSSR count). The van der Waals surface area contributed by atoms with Gasteiger partial charge >= 0.3 is 12.1 Å². The van der Waals surface area contributed by atoms with E-state index in [9.17, 15) is 27.9 Å². The van der Waals surface area contributed by atoms with Gasteiger partial charge in [0.15, 0.2) is 11.6 Å². The number of hydrogen-bond donors (Lipinski definition) is 1. The number of halogens is 4. The predicted octanol–water partition coefficient (Wildman–Crippen LogP) is 3.61. The van der Waals surface area contributed by atoms with Gasteiger partial charge in [-0.25, -0.2) is 14.2 Å². The maximum Gasteiger partial charge on any atom is 0.421 e. The van der Waals surface area contributed by atoms with E-state index < -0.39 is 52.7 Å². The van der Waals surface area contributed by atoms with Crippen LogP contribution in [-0.4, -0.2) is 55.8 Å². The van der Waals surface area contributed by atoms with Crippen molar-refractivity contribution in [1.29, 1.82) is 0 Å². The highest BCUT2D eigenvalue weighted by Crippen LogP contribution is 2.39. The van der Waals surface area contributed by atoms with Crippen molar-refractivity contribution in [1.82, 2.24) is 25.0 Å². The third-order valence-corrected chi connectivity index (χ3v) is 5.49. The van der Waals surface area contributed by atoms with E-state index in [0.29, 0.717) is 12.1 Å². The van der Waals surface area contributed by atoms with Crippen molar-refractivity contribution in [3.63, 3.8) is 0 Å². The van der Waals surface area contributed by atoms with E-state index >= 15 is 4.39 Å². The summed E-state index contributed by atoms with van der Waals surface area (Å²) < 4.78 is 62.0. The number of aromatic nitrogens is 5. The summed E-state index contributed by atoms with van der Waals surface area (Å²) in [6.07, 6.45) is 0.0417. The van der Waals surface area contributed by atoms with Gasteiger partial charge in [-0.2, -0.15) is 28.2 Å². The Hall–Kier alpha value is -4.82. The number of carboxylic acid groups (broad SMARTS) is 1. The number of hydrogen-bond acceptors (Lipinski definition) is 7. The predicted molar refractivity (Wildman–Crippen MR) is 133 cm³/mol. The van der Waals surface area contributed by atoms with E-state index in [1.165, 1.54) is 30.7 Å². The lowest BCUT2D eigenvalue weighted by Crippen LogP contribution is -2.38. The second-order valence-electron chi connectivity index (χ2n) is 8.71. The van der Waals surface area contributed by atoms with Crippen molar-refractivity contribution in [3.8, 4) is 11.6 Å². The number of rotatable bonds is 8. The maximum atomic E-state index is 15.3. The van der Waals surface area contributed by atoms with Crippen LogP contribution in [0.2, 0.25) is 0 Å². The Balaban J connectivity index is 1.74. The van der Waals surface area contributed by atoms with Gasteiger partial charge in [0, 0.05) is 30.6 Å². The number of carbonyl (C=O) groups is 2. The fourth-order valence-corrected chi connectivity index (χ4v) is 3.73. The zero-order valence-corrected chi connectivity index (χ0v) is 20.9. The normalized spacial score (nSPS) is 11.5. The minimum atomic E-state index is -4.95. The molecule has 0 unspecified atom stereocenters. The Bertz CT molecular complexity index is 1550. The quantitative estimate of drug-likeness (QED) is 0.259. The number of nitrogens with zero attached hydrogens (tertiary/aromatic N) is 6.